The molecule has 0 saturated heterocycles. The van der Waals surface area contributed by atoms with Gasteiger partial charge in [0, 0.05) is 5.69 Å². The van der Waals surface area contributed by atoms with E-state index >= 15 is 0 Å². The van der Waals surface area contributed by atoms with Gasteiger partial charge in [0.1, 0.15) is 6.07 Å². The topological polar surface area (TPSA) is 103 Å². The molecule has 0 saturated carbocycles. The Morgan fingerprint density at radius 1 is 1.40 bits per heavy atom. The number of nitrogens with zero attached hydrogens (tertiary/aromatic N) is 3. The highest BCUT2D eigenvalue weighted by atomic mass is 35.5. The van der Waals surface area contributed by atoms with Crippen LogP contribution in [0.3, 0.4) is 0 Å². The molecule has 0 aliphatic heterocycles. The minimum absolute atomic E-state index is 0.00304. The third-order valence-corrected chi connectivity index (χ3v) is 2.56. The molecule has 0 unspecified atom stereocenters. The molecule has 1 heterocycles. The maximum atomic E-state index is 12.8. The van der Waals surface area contributed by atoms with Crippen LogP contribution in [-0.4, -0.2) is 15.2 Å². The molecule has 4 N–H and O–H groups in total. The summed E-state index contributed by atoms with van der Waals surface area (Å²) in [6, 6.07) is 3.34. The highest BCUT2D eigenvalue weighted by Gasteiger charge is 2.35. The fourth-order valence-electron chi connectivity index (χ4n) is 1.48. The van der Waals surface area contributed by atoms with Crippen molar-refractivity contribution in [1.82, 2.24) is 15.2 Å². The summed E-state index contributed by atoms with van der Waals surface area (Å²) in [7, 11) is 0. The number of rotatable bonds is 2. The number of nitrogens with one attached hydrogen (secondary N) is 2. The zero-order valence-corrected chi connectivity index (χ0v) is 10.3. The molecule has 1 aromatic carbocycles. The summed E-state index contributed by atoms with van der Waals surface area (Å²) in [5, 5.41) is 16.9. The van der Waals surface area contributed by atoms with Gasteiger partial charge < -0.3 is 11.1 Å². The predicted molar refractivity (Wildman–Crippen MR) is 65.2 cm³/mol. The smallest absolute Gasteiger partial charge is 0.368 e. The highest BCUT2D eigenvalue weighted by molar-refractivity contribution is 6.32. The van der Waals surface area contributed by atoms with Crippen molar-refractivity contribution in [2.24, 2.45) is 0 Å². The summed E-state index contributed by atoms with van der Waals surface area (Å²) < 4.78 is 38.5. The first kappa shape index (κ1) is 14.0. The van der Waals surface area contributed by atoms with Gasteiger partial charge in [-0.1, -0.05) is 11.6 Å². The lowest BCUT2D eigenvalue weighted by molar-refractivity contribution is -0.137. The molecular formula is C10H6ClF3N6. The molecule has 0 radical (unpaired) electrons. The van der Waals surface area contributed by atoms with Crippen molar-refractivity contribution in [1.29, 1.82) is 5.26 Å². The molecule has 2 rings (SSSR count). The molecule has 2 aromatic rings. The van der Waals surface area contributed by atoms with Crippen LogP contribution >= 0.6 is 11.6 Å². The van der Waals surface area contributed by atoms with Crippen LogP contribution < -0.4 is 11.1 Å². The fraction of sp³-hybridized carbons (Fsp3) is 0.100. The minimum atomic E-state index is -4.70. The Morgan fingerprint density at radius 2 is 2.10 bits per heavy atom. The SMILES string of the molecule is N#Cc1c(Cl)cc(Nc2n[nH]c(N)n2)cc1C(F)(F)F. The second kappa shape index (κ2) is 4.90. The molecular weight excluding hydrogens is 297 g/mol. The zero-order valence-electron chi connectivity index (χ0n) is 9.59. The van der Waals surface area contributed by atoms with Crippen molar-refractivity contribution < 1.29 is 13.2 Å². The van der Waals surface area contributed by atoms with E-state index in [2.05, 4.69) is 20.5 Å². The Bertz CT molecular complexity index is 687. The normalized spacial score (nSPS) is 11.2. The van der Waals surface area contributed by atoms with Gasteiger partial charge in [-0.05, 0) is 12.1 Å². The minimum Gasteiger partial charge on any atom is -0.368 e. The van der Waals surface area contributed by atoms with E-state index in [0.717, 1.165) is 6.07 Å². The van der Waals surface area contributed by atoms with Crippen LogP contribution in [0.2, 0.25) is 5.02 Å². The summed E-state index contributed by atoms with van der Waals surface area (Å²) in [6.45, 7) is 0. The number of benzene rings is 1. The van der Waals surface area contributed by atoms with Crippen molar-refractivity contribution in [3.05, 3.63) is 28.3 Å². The highest BCUT2D eigenvalue weighted by Crippen LogP contribution is 2.37. The standard InChI is InChI=1S/C10H6ClF3N6/c11-7-2-4(17-9-18-8(16)19-20-9)1-6(5(7)3-15)10(12,13)14/h1-2H,(H4,16,17,18,19,20). The van der Waals surface area contributed by atoms with Gasteiger partial charge in [0.2, 0.25) is 11.9 Å². The van der Waals surface area contributed by atoms with E-state index in [0.29, 0.717) is 0 Å². The maximum Gasteiger partial charge on any atom is 0.417 e. The fourth-order valence-corrected chi connectivity index (χ4v) is 1.74. The van der Waals surface area contributed by atoms with Gasteiger partial charge in [0.15, 0.2) is 0 Å². The molecule has 0 fully saturated rings. The Morgan fingerprint density at radius 3 is 2.60 bits per heavy atom. The van der Waals surface area contributed by atoms with Crippen LogP contribution in [0.15, 0.2) is 12.1 Å². The van der Waals surface area contributed by atoms with E-state index in [-0.39, 0.29) is 22.6 Å². The average molecular weight is 303 g/mol. The monoisotopic (exact) mass is 302 g/mol. The number of hydrogen-bond acceptors (Lipinski definition) is 5. The number of nitriles is 1. The summed E-state index contributed by atoms with van der Waals surface area (Å²) in [5.74, 6) is -0.0142. The van der Waals surface area contributed by atoms with Crippen LogP contribution in [-0.2, 0) is 6.18 Å². The van der Waals surface area contributed by atoms with E-state index in [1.54, 1.807) is 0 Å². The van der Waals surface area contributed by atoms with Crippen molar-refractivity contribution in [3.8, 4) is 6.07 Å². The quantitative estimate of drug-likeness (QED) is 0.791. The largest absolute Gasteiger partial charge is 0.417 e. The number of H-pyrrole nitrogens is 1. The van der Waals surface area contributed by atoms with E-state index < -0.39 is 17.3 Å². The lowest BCUT2D eigenvalue weighted by Gasteiger charge is -2.12. The van der Waals surface area contributed by atoms with E-state index in [1.165, 1.54) is 12.1 Å². The van der Waals surface area contributed by atoms with Crippen LogP contribution in [0, 0.1) is 11.3 Å². The zero-order chi connectivity index (χ0) is 14.9. The van der Waals surface area contributed by atoms with Crippen LogP contribution in [0.1, 0.15) is 11.1 Å². The van der Waals surface area contributed by atoms with Gasteiger partial charge in [0.05, 0.1) is 16.1 Å². The molecule has 0 spiro atoms. The molecule has 0 amide bonds. The van der Waals surface area contributed by atoms with Crippen molar-refractivity contribution in [2.45, 2.75) is 6.18 Å². The molecule has 0 atom stereocenters. The number of halogens is 4. The number of nitrogen functional groups attached to an aromatic ring is 1. The van der Waals surface area contributed by atoms with Crippen LogP contribution in [0.25, 0.3) is 0 Å². The third-order valence-electron chi connectivity index (χ3n) is 2.27. The molecule has 0 aliphatic rings. The number of alkyl halides is 3. The molecule has 1 aromatic heterocycles. The number of hydrogen-bond donors (Lipinski definition) is 3. The van der Waals surface area contributed by atoms with Gasteiger partial charge in [-0.25, -0.2) is 5.10 Å². The summed E-state index contributed by atoms with van der Waals surface area (Å²) in [4.78, 5) is 3.68. The second-order valence-electron chi connectivity index (χ2n) is 3.66. The number of aromatic amines is 1. The lowest BCUT2D eigenvalue weighted by atomic mass is 10.1. The molecule has 0 bridgehead atoms. The first-order valence-electron chi connectivity index (χ1n) is 5.07. The lowest BCUT2D eigenvalue weighted by Crippen LogP contribution is -2.09. The summed E-state index contributed by atoms with van der Waals surface area (Å²) in [5.41, 5.74) is 3.50. The first-order chi connectivity index (χ1) is 9.31. The number of nitrogens with two attached hydrogens (primary N) is 1. The van der Waals surface area contributed by atoms with E-state index in [4.69, 9.17) is 22.6 Å². The Kier molecular flexibility index (Phi) is 3.42. The van der Waals surface area contributed by atoms with Crippen LogP contribution in [0.5, 0.6) is 0 Å². The van der Waals surface area contributed by atoms with Crippen molar-refractivity contribution in [3.63, 3.8) is 0 Å². The van der Waals surface area contributed by atoms with Gasteiger partial charge in [0.25, 0.3) is 0 Å². The van der Waals surface area contributed by atoms with Gasteiger partial charge in [-0.15, -0.1) is 5.10 Å². The Hall–Kier alpha value is -2.47. The molecule has 6 nitrogen and oxygen atoms in total. The molecule has 0 aliphatic carbocycles. The van der Waals surface area contributed by atoms with Gasteiger partial charge in [-0.3, -0.25) is 0 Å². The Balaban J connectivity index is 2.46. The molecule has 10 heteroatoms. The summed E-state index contributed by atoms with van der Waals surface area (Å²) in [6.07, 6.45) is -4.70. The van der Waals surface area contributed by atoms with Crippen LogP contribution in [0.4, 0.5) is 30.8 Å². The summed E-state index contributed by atoms with van der Waals surface area (Å²) >= 11 is 5.68. The maximum absolute atomic E-state index is 12.8. The predicted octanol–water partition coefficient (Wildman–Crippen LogP) is 2.67. The first-order valence-corrected chi connectivity index (χ1v) is 5.45. The van der Waals surface area contributed by atoms with Crippen molar-refractivity contribution >= 4 is 29.2 Å². The van der Waals surface area contributed by atoms with E-state index in [1.807, 2.05) is 0 Å². The molecule has 20 heavy (non-hydrogen) atoms. The third kappa shape index (κ3) is 2.75. The number of aromatic nitrogens is 3. The number of anilines is 3. The van der Waals surface area contributed by atoms with Gasteiger partial charge >= 0.3 is 6.18 Å². The van der Waals surface area contributed by atoms with E-state index in [9.17, 15) is 13.2 Å². The van der Waals surface area contributed by atoms with Crippen molar-refractivity contribution in [2.75, 3.05) is 11.1 Å². The Labute approximate surface area is 115 Å². The van der Waals surface area contributed by atoms with Gasteiger partial charge in [-0.2, -0.15) is 23.4 Å². The average Bonchev–Trinajstić information content (AvgIpc) is 2.73. The molecule has 104 valence electrons. The second-order valence-corrected chi connectivity index (χ2v) is 4.07.